The molecule has 0 fully saturated rings. The largest absolute Gasteiger partial charge is 0.287 e. The molecule has 2 aromatic carbocycles. The molecule has 0 saturated carbocycles. The number of para-hydroxylation sites is 1. The van der Waals surface area contributed by atoms with E-state index in [-0.39, 0.29) is 21.9 Å². The fraction of sp³-hybridized carbons (Fsp3) is 0.143. The highest BCUT2D eigenvalue weighted by Gasteiger charge is 2.20. The third-order valence-electron chi connectivity index (χ3n) is 4.07. The highest BCUT2D eigenvalue weighted by atomic mass is 32.2. The van der Waals surface area contributed by atoms with Gasteiger partial charge in [0, 0.05) is 11.8 Å². The minimum atomic E-state index is -3.79. The first-order chi connectivity index (χ1) is 13.0. The van der Waals surface area contributed by atoms with E-state index in [0.717, 1.165) is 18.4 Å². The summed E-state index contributed by atoms with van der Waals surface area (Å²) in [5.74, 6) is -0.320. The maximum absolute atomic E-state index is 12.9. The van der Waals surface area contributed by atoms with E-state index in [1.54, 1.807) is 54.7 Å². The van der Waals surface area contributed by atoms with Gasteiger partial charge in [-0.15, -0.1) is 0 Å². The first-order valence-corrected chi connectivity index (χ1v) is 10.2. The number of aromatic nitrogens is 1. The van der Waals surface area contributed by atoms with Crippen LogP contribution in [0.5, 0.6) is 0 Å². The summed E-state index contributed by atoms with van der Waals surface area (Å²) in [6.07, 6.45) is 3.42. The molecule has 27 heavy (non-hydrogen) atoms. The van der Waals surface area contributed by atoms with Crippen molar-refractivity contribution in [2.75, 3.05) is 4.72 Å². The van der Waals surface area contributed by atoms with Crippen LogP contribution in [0.4, 0.5) is 5.69 Å². The number of hydrogen-bond acceptors (Lipinski definition) is 4. The highest BCUT2D eigenvalue weighted by molar-refractivity contribution is 7.92. The first kappa shape index (κ1) is 18.8. The molecule has 6 heteroatoms. The van der Waals surface area contributed by atoms with Gasteiger partial charge in [0.2, 0.25) is 5.78 Å². The number of anilines is 1. The van der Waals surface area contributed by atoms with Crippen molar-refractivity contribution in [3.05, 3.63) is 89.7 Å². The van der Waals surface area contributed by atoms with Gasteiger partial charge in [0.15, 0.2) is 0 Å². The van der Waals surface area contributed by atoms with Gasteiger partial charge in [-0.25, -0.2) is 8.42 Å². The van der Waals surface area contributed by atoms with Crippen molar-refractivity contribution >= 4 is 21.5 Å². The van der Waals surface area contributed by atoms with Crippen LogP contribution in [0.15, 0.2) is 77.8 Å². The molecule has 3 aromatic rings. The molecule has 0 aliphatic rings. The minimum absolute atomic E-state index is 0.135. The normalized spacial score (nSPS) is 11.1. The lowest BCUT2D eigenvalue weighted by Gasteiger charge is -2.12. The average molecular weight is 380 g/mol. The van der Waals surface area contributed by atoms with E-state index >= 15 is 0 Å². The van der Waals surface area contributed by atoms with Crippen LogP contribution in [-0.4, -0.2) is 19.2 Å². The second-order valence-corrected chi connectivity index (χ2v) is 7.77. The number of carbonyl (C=O) groups is 1. The zero-order valence-electron chi connectivity index (χ0n) is 14.9. The summed E-state index contributed by atoms with van der Waals surface area (Å²) in [6.45, 7) is 2.07. The Hall–Kier alpha value is -2.99. The third kappa shape index (κ3) is 4.41. The van der Waals surface area contributed by atoms with Gasteiger partial charge in [0.25, 0.3) is 10.0 Å². The van der Waals surface area contributed by atoms with Crippen molar-refractivity contribution in [2.45, 2.75) is 24.7 Å². The van der Waals surface area contributed by atoms with Gasteiger partial charge in [0.1, 0.15) is 5.69 Å². The topological polar surface area (TPSA) is 76.1 Å². The number of hydrogen-bond donors (Lipinski definition) is 1. The number of nitrogens with one attached hydrogen (secondary N) is 1. The zero-order valence-corrected chi connectivity index (χ0v) is 15.7. The van der Waals surface area contributed by atoms with Crippen molar-refractivity contribution in [1.82, 2.24) is 4.98 Å². The predicted octanol–water partition coefficient (Wildman–Crippen LogP) is 4.07. The molecule has 1 aromatic heterocycles. The van der Waals surface area contributed by atoms with Crippen LogP contribution >= 0.6 is 0 Å². The smallest absolute Gasteiger partial charge is 0.261 e. The Kier molecular flexibility index (Phi) is 5.66. The Balaban J connectivity index is 1.95. The lowest BCUT2D eigenvalue weighted by Crippen LogP contribution is -2.16. The van der Waals surface area contributed by atoms with Crippen LogP contribution in [0, 0.1) is 0 Å². The lowest BCUT2D eigenvalue weighted by molar-refractivity contribution is 0.103. The summed E-state index contributed by atoms with van der Waals surface area (Å²) in [4.78, 5) is 17.3. The summed E-state index contributed by atoms with van der Waals surface area (Å²) in [5.41, 5.74) is 1.82. The summed E-state index contributed by atoms with van der Waals surface area (Å²) in [7, 11) is -3.79. The molecular weight excluding hydrogens is 360 g/mol. The van der Waals surface area contributed by atoms with Gasteiger partial charge in [0.05, 0.1) is 10.6 Å². The van der Waals surface area contributed by atoms with Gasteiger partial charge in [-0.05, 0) is 48.4 Å². The SMILES string of the molecule is CCCc1ccnc(C(=O)c2ccccc2NS(=O)(=O)c2ccccc2)c1. The second-order valence-electron chi connectivity index (χ2n) is 6.09. The van der Waals surface area contributed by atoms with Crippen molar-refractivity contribution in [2.24, 2.45) is 0 Å². The average Bonchev–Trinajstić information content (AvgIpc) is 2.69. The molecule has 0 spiro atoms. The van der Waals surface area contributed by atoms with Crippen LogP contribution < -0.4 is 4.72 Å². The number of benzene rings is 2. The Morgan fingerprint density at radius 2 is 1.70 bits per heavy atom. The second kappa shape index (κ2) is 8.14. The number of carbonyl (C=O) groups excluding carboxylic acids is 1. The molecule has 0 unspecified atom stereocenters. The van der Waals surface area contributed by atoms with Crippen LogP contribution in [0.3, 0.4) is 0 Å². The van der Waals surface area contributed by atoms with Crippen molar-refractivity contribution in [1.29, 1.82) is 0 Å². The third-order valence-corrected chi connectivity index (χ3v) is 5.45. The molecule has 1 N–H and O–H groups in total. The molecule has 0 radical (unpaired) electrons. The summed E-state index contributed by atoms with van der Waals surface area (Å²) >= 11 is 0. The van der Waals surface area contributed by atoms with Gasteiger partial charge in [-0.1, -0.05) is 43.7 Å². The quantitative estimate of drug-likeness (QED) is 0.627. The van der Waals surface area contributed by atoms with Gasteiger partial charge in [-0.2, -0.15) is 0 Å². The van der Waals surface area contributed by atoms with Crippen molar-refractivity contribution < 1.29 is 13.2 Å². The van der Waals surface area contributed by atoms with Crippen molar-refractivity contribution in [3.63, 3.8) is 0 Å². The molecule has 1 heterocycles. The molecule has 138 valence electrons. The molecule has 0 amide bonds. The van der Waals surface area contributed by atoms with E-state index in [1.165, 1.54) is 12.1 Å². The fourth-order valence-corrected chi connectivity index (χ4v) is 3.85. The number of ketones is 1. The van der Waals surface area contributed by atoms with Gasteiger partial charge >= 0.3 is 0 Å². The summed E-state index contributed by atoms with van der Waals surface area (Å²) < 4.78 is 27.7. The van der Waals surface area contributed by atoms with Crippen LogP contribution in [-0.2, 0) is 16.4 Å². The molecular formula is C21H20N2O3S. The van der Waals surface area contributed by atoms with Gasteiger partial charge in [-0.3, -0.25) is 14.5 Å². The fourth-order valence-electron chi connectivity index (χ4n) is 2.75. The Bertz CT molecular complexity index is 1050. The van der Waals surface area contributed by atoms with Crippen LogP contribution in [0.1, 0.15) is 35.0 Å². The predicted molar refractivity (Wildman–Crippen MR) is 105 cm³/mol. The number of pyridine rings is 1. The lowest BCUT2D eigenvalue weighted by atomic mass is 10.0. The molecule has 5 nitrogen and oxygen atoms in total. The molecule has 0 atom stereocenters. The molecule has 0 saturated heterocycles. The molecule has 0 aliphatic heterocycles. The Labute approximate surface area is 159 Å². The van der Waals surface area contributed by atoms with E-state index < -0.39 is 10.0 Å². The number of aryl methyl sites for hydroxylation is 1. The first-order valence-electron chi connectivity index (χ1n) is 8.68. The molecule has 3 rings (SSSR count). The van der Waals surface area contributed by atoms with Crippen molar-refractivity contribution in [3.8, 4) is 0 Å². The van der Waals surface area contributed by atoms with Gasteiger partial charge < -0.3 is 0 Å². The van der Waals surface area contributed by atoms with E-state index in [0.29, 0.717) is 5.69 Å². The highest BCUT2D eigenvalue weighted by Crippen LogP contribution is 2.22. The zero-order chi connectivity index (χ0) is 19.3. The Morgan fingerprint density at radius 1 is 1.00 bits per heavy atom. The van der Waals surface area contributed by atoms with E-state index in [2.05, 4.69) is 16.6 Å². The monoisotopic (exact) mass is 380 g/mol. The maximum Gasteiger partial charge on any atom is 0.261 e. The number of nitrogens with zero attached hydrogens (tertiary/aromatic N) is 1. The molecule has 0 bridgehead atoms. The number of rotatable bonds is 7. The Morgan fingerprint density at radius 3 is 2.44 bits per heavy atom. The minimum Gasteiger partial charge on any atom is -0.287 e. The van der Waals surface area contributed by atoms with E-state index in [9.17, 15) is 13.2 Å². The molecule has 0 aliphatic carbocycles. The maximum atomic E-state index is 12.9. The van der Waals surface area contributed by atoms with E-state index in [1.807, 2.05) is 6.07 Å². The van der Waals surface area contributed by atoms with Crippen LogP contribution in [0.2, 0.25) is 0 Å². The van der Waals surface area contributed by atoms with Crippen LogP contribution in [0.25, 0.3) is 0 Å². The summed E-state index contributed by atoms with van der Waals surface area (Å²) in [5, 5.41) is 0. The number of sulfonamides is 1. The standard InChI is InChI=1S/C21H20N2O3S/c1-2-8-16-13-14-22-20(15-16)21(24)18-11-6-7-12-19(18)23-27(25,26)17-9-4-3-5-10-17/h3-7,9-15,23H,2,8H2,1H3. The van der Waals surface area contributed by atoms with E-state index in [4.69, 9.17) is 0 Å². The summed E-state index contributed by atoms with van der Waals surface area (Å²) in [6, 6.07) is 18.2.